The summed E-state index contributed by atoms with van der Waals surface area (Å²) in [5, 5.41) is 0. The van der Waals surface area contributed by atoms with Gasteiger partial charge in [-0.3, -0.25) is 8.98 Å². The van der Waals surface area contributed by atoms with Gasteiger partial charge in [-0.05, 0) is 92.8 Å². The highest BCUT2D eigenvalue weighted by molar-refractivity contribution is 7.85. The van der Waals surface area contributed by atoms with Crippen molar-refractivity contribution in [2.45, 2.75) is 71.6 Å². The van der Waals surface area contributed by atoms with Crippen molar-refractivity contribution in [1.29, 1.82) is 0 Å². The van der Waals surface area contributed by atoms with Crippen molar-refractivity contribution < 1.29 is 22.1 Å². The zero-order valence-corrected chi connectivity index (χ0v) is 18.6. The molecule has 0 amide bonds. The highest BCUT2D eigenvalue weighted by atomic mass is 32.2. The van der Waals surface area contributed by atoms with Crippen LogP contribution in [0.4, 0.5) is 0 Å². The molecule has 28 heavy (non-hydrogen) atoms. The molecule has 0 aromatic carbocycles. The first-order valence-corrected chi connectivity index (χ1v) is 12.8. The Morgan fingerprint density at radius 2 is 1.79 bits per heavy atom. The molecule has 6 heteroatoms. The zero-order valence-electron chi connectivity index (χ0n) is 17.8. The maximum atomic E-state index is 12.7. The second kappa shape index (κ2) is 6.69. The molecule has 5 aliphatic rings. The van der Waals surface area contributed by atoms with Crippen LogP contribution in [0.15, 0.2) is 0 Å². The van der Waals surface area contributed by atoms with Crippen LogP contribution in [0.25, 0.3) is 0 Å². The quantitative estimate of drug-likeness (QED) is 0.512. The molecule has 5 rings (SSSR count). The van der Waals surface area contributed by atoms with Crippen LogP contribution in [0.2, 0.25) is 0 Å². The van der Waals surface area contributed by atoms with Gasteiger partial charge in [0.25, 0.3) is 10.1 Å². The van der Waals surface area contributed by atoms with Gasteiger partial charge in [0, 0.05) is 0 Å². The number of hydrogen-bond acceptors (Lipinski definition) is 5. The molecular weight excluding hydrogens is 376 g/mol. The van der Waals surface area contributed by atoms with Crippen LogP contribution >= 0.6 is 0 Å². The first kappa shape index (κ1) is 20.6. The molecule has 160 valence electrons. The largest absolute Gasteiger partial charge is 0.469 e. The van der Waals surface area contributed by atoms with E-state index in [0.29, 0.717) is 35.7 Å². The molecule has 0 radical (unpaired) electrons. The van der Waals surface area contributed by atoms with Crippen LogP contribution < -0.4 is 0 Å². The first-order chi connectivity index (χ1) is 13.0. The maximum absolute atomic E-state index is 12.7. The monoisotopic (exact) mass is 412 g/mol. The van der Waals surface area contributed by atoms with Crippen LogP contribution in [0.1, 0.15) is 71.6 Å². The summed E-state index contributed by atoms with van der Waals surface area (Å²) in [6.07, 6.45) is 11.3. The smallest absolute Gasteiger partial charge is 0.311 e. The Hall–Kier alpha value is -0.620. The summed E-state index contributed by atoms with van der Waals surface area (Å²) >= 11 is 0. The summed E-state index contributed by atoms with van der Waals surface area (Å²) in [4.78, 5) is 12.7. The summed E-state index contributed by atoms with van der Waals surface area (Å²) in [7, 11) is -1.86. The maximum Gasteiger partial charge on any atom is 0.311 e. The van der Waals surface area contributed by atoms with E-state index in [-0.39, 0.29) is 16.8 Å². The minimum Gasteiger partial charge on any atom is -0.469 e. The Labute approximate surface area is 170 Å². The molecule has 2 bridgehead atoms. The SMILES string of the molecule is COC(=O)[C@]1(C)CCC[C@@]2(C)[C@@H]3C[C@H]4CC[C@@]3(CC[C@@H]21)CC4COS(C)(=O)=O. The summed E-state index contributed by atoms with van der Waals surface area (Å²) in [5.41, 5.74) is 0.125. The van der Waals surface area contributed by atoms with Crippen molar-refractivity contribution in [2.75, 3.05) is 20.0 Å². The lowest BCUT2D eigenvalue weighted by Crippen LogP contribution is -2.62. The molecule has 0 aliphatic heterocycles. The number of fused-ring (bicyclic) bond motifs is 3. The zero-order chi connectivity index (χ0) is 20.4. The number of hydrogen-bond donors (Lipinski definition) is 0. The van der Waals surface area contributed by atoms with E-state index in [2.05, 4.69) is 13.8 Å². The number of esters is 1. The molecule has 1 unspecified atom stereocenters. The molecule has 0 heterocycles. The van der Waals surface area contributed by atoms with Gasteiger partial charge in [0.2, 0.25) is 0 Å². The number of ether oxygens (including phenoxy) is 1. The molecule has 0 N–H and O–H groups in total. The van der Waals surface area contributed by atoms with E-state index in [0.717, 1.165) is 38.4 Å². The van der Waals surface area contributed by atoms with Gasteiger partial charge in [-0.1, -0.05) is 13.3 Å². The normalized spacial score (nSPS) is 47.9. The van der Waals surface area contributed by atoms with E-state index < -0.39 is 10.1 Å². The standard InChI is InChI=1S/C22H36O5S/c1-20-8-5-9-21(2,19(23)26-3)17(20)7-11-22-10-6-15(12-18(20)22)16(13-22)14-27-28(4,24)25/h15-18H,5-14H2,1-4H3/t15-,16?,17+,18+,20-,21-,22-/m1/s1. The van der Waals surface area contributed by atoms with Crippen LogP contribution in [0, 0.1) is 39.9 Å². The lowest BCUT2D eigenvalue weighted by Gasteiger charge is -2.68. The molecule has 7 atom stereocenters. The molecule has 0 aromatic rings. The minimum atomic E-state index is -3.38. The Morgan fingerprint density at radius 1 is 1.07 bits per heavy atom. The van der Waals surface area contributed by atoms with Crippen LogP contribution in [0.5, 0.6) is 0 Å². The van der Waals surface area contributed by atoms with Gasteiger partial charge in [0.15, 0.2) is 0 Å². The first-order valence-electron chi connectivity index (χ1n) is 11.0. The van der Waals surface area contributed by atoms with Crippen molar-refractivity contribution >= 4 is 16.1 Å². The number of carbonyl (C=O) groups is 1. The topological polar surface area (TPSA) is 69.7 Å². The van der Waals surface area contributed by atoms with Crippen molar-refractivity contribution in [3.05, 3.63) is 0 Å². The average molecular weight is 413 g/mol. The summed E-state index contributed by atoms with van der Waals surface area (Å²) in [6, 6.07) is 0. The van der Waals surface area contributed by atoms with E-state index in [9.17, 15) is 13.2 Å². The van der Waals surface area contributed by atoms with Gasteiger partial charge < -0.3 is 4.74 Å². The number of carbonyl (C=O) groups excluding carboxylic acids is 1. The van der Waals surface area contributed by atoms with Gasteiger partial charge in [-0.25, -0.2) is 0 Å². The Morgan fingerprint density at radius 3 is 2.46 bits per heavy atom. The molecule has 5 nitrogen and oxygen atoms in total. The lowest BCUT2D eigenvalue weighted by atomic mass is 9.36. The number of methoxy groups -OCH3 is 1. The second-order valence-corrected chi connectivity index (χ2v) is 12.4. The van der Waals surface area contributed by atoms with Crippen LogP contribution in [0.3, 0.4) is 0 Å². The predicted molar refractivity (Wildman–Crippen MR) is 107 cm³/mol. The molecular formula is C22H36O5S. The van der Waals surface area contributed by atoms with Crippen molar-refractivity contribution in [3.8, 4) is 0 Å². The Bertz CT molecular complexity index is 748. The van der Waals surface area contributed by atoms with Crippen LogP contribution in [-0.4, -0.2) is 34.4 Å². The van der Waals surface area contributed by atoms with E-state index in [1.807, 2.05) is 0 Å². The van der Waals surface area contributed by atoms with E-state index in [1.54, 1.807) is 0 Å². The average Bonchev–Trinajstić information content (AvgIpc) is 2.64. The molecule has 0 saturated heterocycles. The molecule has 5 saturated carbocycles. The summed E-state index contributed by atoms with van der Waals surface area (Å²) in [6.45, 7) is 4.94. The van der Waals surface area contributed by atoms with E-state index >= 15 is 0 Å². The molecule has 5 aliphatic carbocycles. The van der Waals surface area contributed by atoms with Gasteiger partial charge in [0.1, 0.15) is 0 Å². The molecule has 1 spiro atoms. The molecule has 0 aromatic heterocycles. The minimum absolute atomic E-state index is 0.0280. The third-order valence-corrected chi connectivity index (χ3v) is 10.0. The highest BCUT2D eigenvalue weighted by Gasteiger charge is 2.65. The van der Waals surface area contributed by atoms with Crippen LogP contribution in [-0.2, 0) is 23.8 Å². The van der Waals surface area contributed by atoms with E-state index in [4.69, 9.17) is 8.92 Å². The second-order valence-electron chi connectivity index (χ2n) is 10.8. The fourth-order valence-corrected chi connectivity index (χ4v) is 8.76. The third kappa shape index (κ3) is 3.05. The predicted octanol–water partition coefficient (Wildman–Crippen LogP) is 4.16. The number of rotatable bonds is 4. The van der Waals surface area contributed by atoms with E-state index in [1.165, 1.54) is 32.8 Å². The van der Waals surface area contributed by atoms with Crippen molar-refractivity contribution in [1.82, 2.24) is 0 Å². The van der Waals surface area contributed by atoms with Gasteiger partial charge in [-0.15, -0.1) is 0 Å². The Kier molecular flexibility index (Phi) is 4.94. The fraction of sp³-hybridized carbons (Fsp3) is 0.955. The van der Waals surface area contributed by atoms with Crippen molar-refractivity contribution in [3.63, 3.8) is 0 Å². The Balaban J connectivity index is 1.60. The van der Waals surface area contributed by atoms with Gasteiger partial charge in [-0.2, -0.15) is 8.42 Å². The highest BCUT2D eigenvalue weighted by Crippen LogP contribution is 2.72. The fourth-order valence-electron chi connectivity index (χ4n) is 8.34. The lowest BCUT2D eigenvalue weighted by molar-refractivity contribution is -0.207. The van der Waals surface area contributed by atoms with Crippen molar-refractivity contribution in [2.24, 2.45) is 39.9 Å². The summed E-state index contributed by atoms with van der Waals surface area (Å²) < 4.78 is 33.5. The van der Waals surface area contributed by atoms with Gasteiger partial charge in [0.05, 0.1) is 25.4 Å². The molecule has 5 fully saturated rings. The van der Waals surface area contributed by atoms with Gasteiger partial charge >= 0.3 is 5.97 Å². The summed E-state index contributed by atoms with van der Waals surface area (Å²) in [5.74, 6) is 1.91. The third-order valence-electron chi connectivity index (χ3n) is 9.48.